The highest BCUT2D eigenvalue weighted by Gasteiger charge is 2.18. The number of amides is 1. The molecule has 0 saturated heterocycles. The molecular formula is C26H17BrCl2N2O. The average molecular weight is 524 g/mol. The summed E-state index contributed by atoms with van der Waals surface area (Å²) in [6, 6.07) is 25.5. The highest BCUT2D eigenvalue weighted by Crippen LogP contribution is 2.37. The van der Waals surface area contributed by atoms with Gasteiger partial charge in [0.1, 0.15) is 0 Å². The zero-order valence-electron chi connectivity index (χ0n) is 16.8. The van der Waals surface area contributed by atoms with Gasteiger partial charge in [0, 0.05) is 43.0 Å². The Bertz CT molecular complexity index is 1510. The van der Waals surface area contributed by atoms with E-state index in [-0.39, 0.29) is 0 Å². The van der Waals surface area contributed by atoms with Crippen LogP contribution in [-0.2, 0) is 6.54 Å². The van der Waals surface area contributed by atoms with Crippen molar-refractivity contribution in [2.24, 2.45) is 5.73 Å². The minimum atomic E-state index is -0.442. The fourth-order valence-corrected chi connectivity index (χ4v) is 4.97. The Labute approximate surface area is 203 Å². The number of halogens is 3. The normalized spacial score (nSPS) is 11.3. The van der Waals surface area contributed by atoms with Crippen LogP contribution in [0.1, 0.15) is 15.9 Å². The van der Waals surface area contributed by atoms with Crippen molar-refractivity contribution in [3.05, 3.63) is 105 Å². The quantitative estimate of drug-likeness (QED) is 0.258. The lowest BCUT2D eigenvalue weighted by atomic mass is 10.0. The number of fused-ring (bicyclic) bond motifs is 3. The van der Waals surface area contributed by atoms with Gasteiger partial charge < -0.3 is 10.3 Å². The van der Waals surface area contributed by atoms with E-state index in [0.29, 0.717) is 22.2 Å². The maximum atomic E-state index is 12.2. The van der Waals surface area contributed by atoms with Crippen LogP contribution in [0, 0.1) is 0 Å². The van der Waals surface area contributed by atoms with Crippen molar-refractivity contribution in [1.29, 1.82) is 0 Å². The predicted molar refractivity (Wildman–Crippen MR) is 137 cm³/mol. The number of hydrogen-bond donors (Lipinski definition) is 1. The summed E-state index contributed by atoms with van der Waals surface area (Å²) in [5, 5.41) is 3.02. The second kappa shape index (κ2) is 8.28. The molecule has 0 spiro atoms. The van der Waals surface area contributed by atoms with Crippen LogP contribution in [0.5, 0.6) is 0 Å². The molecule has 5 rings (SSSR count). The first kappa shape index (κ1) is 21.1. The number of aromatic nitrogens is 1. The molecule has 1 heterocycles. The third-order valence-electron chi connectivity index (χ3n) is 5.65. The fourth-order valence-electron chi connectivity index (χ4n) is 4.18. The molecule has 0 saturated carbocycles. The Morgan fingerprint density at radius 2 is 1.69 bits per heavy atom. The maximum absolute atomic E-state index is 12.2. The van der Waals surface area contributed by atoms with Crippen molar-refractivity contribution in [2.75, 3.05) is 0 Å². The molecule has 3 nitrogen and oxygen atoms in total. The van der Waals surface area contributed by atoms with E-state index in [4.69, 9.17) is 28.9 Å². The number of nitrogens with two attached hydrogens (primary N) is 1. The van der Waals surface area contributed by atoms with Gasteiger partial charge in [0.25, 0.3) is 0 Å². The summed E-state index contributed by atoms with van der Waals surface area (Å²) < 4.78 is 3.24. The number of nitrogens with zero attached hydrogens (tertiary/aromatic N) is 1. The SMILES string of the molecule is NC(=O)c1cccc2c1c1ccc(-c3ccc(Cl)cc3Cl)cc1n2Cc1ccc(Br)cc1. The molecule has 4 aromatic carbocycles. The molecule has 0 radical (unpaired) electrons. The van der Waals surface area contributed by atoms with Crippen LogP contribution in [0.15, 0.2) is 83.3 Å². The van der Waals surface area contributed by atoms with E-state index in [1.165, 1.54) is 0 Å². The zero-order valence-corrected chi connectivity index (χ0v) is 19.9. The van der Waals surface area contributed by atoms with Crippen molar-refractivity contribution in [3.8, 4) is 11.1 Å². The largest absolute Gasteiger partial charge is 0.366 e. The molecular weight excluding hydrogens is 507 g/mol. The summed E-state index contributed by atoms with van der Waals surface area (Å²) in [6.45, 7) is 0.646. The van der Waals surface area contributed by atoms with Gasteiger partial charge >= 0.3 is 0 Å². The third kappa shape index (κ3) is 3.69. The summed E-state index contributed by atoms with van der Waals surface area (Å²) in [5.41, 5.74) is 11.2. The van der Waals surface area contributed by atoms with Crippen molar-refractivity contribution in [3.63, 3.8) is 0 Å². The van der Waals surface area contributed by atoms with Gasteiger partial charge in [-0.1, -0.05) is 75.5 Å². The molecule has 0 bridgehead atoms. The van der Waals surface area contributed by atoms with E-state index in [1.54, 1.807) is 12.1 Å². The molecule has 0 atom stereocenters. The Kier molecular flexibility index (Phi) is 5.46. The van der Waals surface area contributed by atoms with Crippen LogP contribution in [-0.4, -0.2) is 10.5 Å². The molecule has 32 heavy (non-hydrogen) atoms. The lowest BCUT2D eigenvalue weighted by molar-refractivity contribution is 0.100. The van der Waals surface area contributed by atoms with E-state index in [2.05, 4.69) is 38.7 Å². The van der Waals surface area contributed by atoms with Gasteiger partial charge in [0.15, 0.2) is 0 Å². The molecule has 0 unspecified atom stereocenters. The number of primary amides is 1. The molecule has 0 aliphatic carbocycles. The molecule has 158 valence electrons. The predicted octanol–water partition coefficient (Wildman–Crippen LogP) is 7.68. The number of rotatable bonds is 4. The van der Waals surface area contributed by atoms with Gasteiger partial charge in [0.05, 0.1) is 11.0 Å². The van der Waals surface area contributed by atoms with Crippen molar-refractivity contribution in [2.45, 2.75) is 6.54 Å². The van der Waals surface area contributed by atoms with Crippen molar-refractivity contribution < 1.29 is 4.79 Å². The third-order valence-corrected chi connectivity index (χ3v) is 6.73. The number of carbonyl (C=O) groups excluding carboxylic acids is 1. The summed E-state index contributed by atoms with van der Waals surface area (Å²) in [6.07, 6.45) is 0. The Morgan fingerprint density at radius 1 is 0.906 bits per heavy atom. The van der Waals surface area contributed by atoms with E-state index in [0.717, 1.165) is 43.0 Å². The van der Waals surface area contributed by atoms with Gasteiger partial charge in [-0.15, -0.1) is 0 Å². The van der Waals surface area contributed by atoms with Crippen LogP contribution in [0.4, 0.5) is 0 Å². The lowest BCUT2D eigenvalue weighted by Gasteiger charge is -2.10. The van der Waals surface area contributed by atoms with Gasteiger partial charge in [-0.05, 0) is 53.6 Å². The van der Waals surface area contributed by atoms with Crippen LogP contribution >= 0.6 is 39.1 Å². The van der Waals surface area contributed by atoms with Gasteiger partial charge in [-0.3, -0.25) is 4.79 Å². The standard InChI is InChI=1S/C26H17BrCl2N2O/c27-17-7-4-15(5-8-17)14-31-23-3-1-2-21(26(30)32)25(23)20-10-6-16(12-24(20)31)19-11-9-18(28)13-22(19)29/h1-13H,14H2,(H2,30,32). The van der Waals surface area contributed by atoms with Crippen LogP contribution in [0.3, 0.4) is 0 Å². The molecule has 2 N–H and O–H groups in total. The average Bonchev–Trinajstić information content (AvgIpc) is 3.08. The maximum Gasteiger partial charge on any atom is 0.249 e. The first-order valence-electron chi connectivity index (χ1n) is 9.97. The molecule has 6 heteroatoms. The van der Waals surface area contributed by atoms with Gasteiger partial charge in [-0.2, -0.15) is 0 Å². The minimum Gasteiger partial charge on any atom is -0.366 e. The van der Waals surface area contributed by atoms with E-state index in [9.17, 15) is 4.79 Å². The first-order valence-corrected chi connectivity index (χ1v) is 11.5. The first-order chi connectivity index (χ1) is 15.4. The topological polar surface area (TPSA) is 48.0 Å². The second-order valence-corrected chi connectivity index (χ2v) is 9.39. The zero-order chi connectivity index (χ0) is 22.4. The molecule has 1 amide bonds. The van der Waals surface area contributed by atoms with E-state index >= 15 is 0 Å². The number of benzene rings is 4. The molecule has 0 aliphatic rings. The lowest BCUT2D eigenvalue weighted by Crippen LogP contribution is -2.11. The highest BCUT2D eigenvalue weighted by atomic mass is 79.9. The molecule has 5 aromatic rings. The van der Waals surface area contributed by atoms with E-state index < -0.39 is 5.91 Å². The van der Waals surface area contributed by atoms with Crippen LogP contribution in [0.2, 0.25) is 10.0 Å². The summed E-state index contributed by atoms with van der Waals surface area (Å²) in [4.78, 5) is 12.2. The van der Waals surface area contributed by atoms with Crippen molar-refractivity contribution >= 4 is 66.8 Å². The van der Waals surface area contributed by atoms with Crippen LogP contribution in [0.25, 0.3) is 32.9 Å². The van der Waals surface area contributed by atoms with Gasteiger partial charge in [-0.25, -0.2) is 0 Å². The molecule has 0 aliphatic heterocycles. The highest BCUT2D eigenvalue weighted by molar-refractivity contribution is 9.10. The van der Waals surface area contributed by atoms with Crippen molar-refractivity contribution in [1.82, 2.24) is 4.57 Å². The summed E-state index contributed by atoms with van der Waals surface area (Å²) >= 11 is 16.1. The number of hydrogen-bond acceptors (Lipinski definition) is 1. The van der Waals surface area contributed by atoms with E-state index in [1.807, 2.05) is 48.5 Å². The fraction of sp³-hybridized carbons (Fsp3) is 0.0385. The van der Waals surface area contributed by atoms with Gasteiger partial charge in [0.2, 0.25) is 5.91 Å². The second-order valence-electron chi connectivity index (χ2n) is 7.63. The monoisotopic (exact) mass is 522 g/mol. The van der Waals surface area contributed by atoms with Crippen LogP contribution < -0.4 is 5.73 Å². The molecule has 1 aromatic heterocycles. The summed E-state index contributed by atoms with van der Waals surface area (Å²) in [5.74, 6) is -0.442. The smallest absolute Gasteiger partial charge is 0.249 e. The Morgan fingerprint density at radius 3 is 2.41 bits per heavy atom. The number of carbonyl (C=O) groups is 1. The summed E-state index contributed by atoms with van der Waals surface area (Å²) in [7, 11) is 0. The molecule has 0 fully saturated rings. The minimum absolute atomic E-state index is 0.442. The Balaban J connectivity index is 1.80. The Hall–Kier alpha value is -2.79.